The van der Waals surface area contributed by atoms with Gasteiger partial charge in [-0.3, -0.25) is 24.2 Å². The van der Waals surface area contributed by atoms with Gasteiger partial charge in [-0.1, -0.05) is 0 Å². The van der Waals surface area contributed by atoms with Crippen LogP contribution in [-0.4, -0.2) is 229 Å². The van der Waals surface area contributed by atoms with Crippen LogP contribution in [0.25, 0.3) is 6.08 Å². The third kappa shape index (κ3) is 26.6. The number of hydroxylamine groups is 2. The van der Waals surface area contributed by atoms with Crippen molar-refractivity contribution in [3.05, 3.63) is 50.7 Å². The Kier molecular flexibility index (Phi) is 33.1. The fourth-order valence-corrected chi connectivity index (χ4v) is 8.82. The predicted octanol–water partition coefficient (Wildman–Crippen LogP) is 4.81. The lowest BCUT2D eigenvalue weighted by molar-refractivity contribution is -0.180. The fraction of sp³-hybridized carbons (Fsp3) is 0.698. The molecule has 452 valence electrons. The van der Waals surface area contributed by atoms with E-state index < -0.39 is 47.5 Å². The Labute approximate surface area is 469 Å². The van der Waals surface area contributed by atoms with E-state index in [-0.39, 0.29) is 44.3 Å². The second-order valence-corrected chi connectivity index (χ2v) is 19.4. The van der Waals surface area contributed by atoms with Gasteiger partial charge in [0.25, 0.3) is 5.91 Å². The summed E-state index contributed by atoms with van der Waals surface area (Å²) in [7, 11) is 0. The maximum atomic E-state index is 13.6. The molecule has 1 aliphatic carbocycles. The van der Waals surface area contributed by atoms with Crippen LogP contribution in [0.2, 0.25) is 0 Å². The van der Waals surface area contributed by atoms with E-state index >= 15 is 0 Å². The van der Waals surface area contributed by atoms with Crippen LogP contribution in [-0.2, 0) is 73.1 Å². The highest BCUT2D eigenvalue weighted by Gasteiger charge is 2.26. The number of benzene rings is 1. The number of carbonyl (C=O) groups excluding carboxylic acids is 3. The van der Waals surface area contributed by atoms with Gasteiger partial charge in [0.2, 0.25) is 17.4 Å². The van der Waals surface area contributed by atoms with Crippen molar-refractivity contribution in [1.29, 1.82) is 0 Å². The van der Waals surface area contributed by atoms with Gasteiger partial charge in [0.15, 0.2) is 11.6 Å². The van der Waals surface area contributed by atoms with Gasteiger partial charge in [-0.05, 0) is 44.7 Å². The molecule has 1 saturated carbocycles. The smallest absolute Gasteiger partial charge is 0.407 e. The Balaban J connectivity index is 0.734. The van der Waals surface area contributed by atoms with Crippen molar-refractivity contribution in [2.45, 2.75) is 58.1 Å². The lowest BCUT2D eigenvalue weighted by Gasteiger charge is -2.34. The number of nitrogens with zero attached hydrogens (tertiary/aromatic N) is 4. The van der Waals surface area contributed by atoms with Crippen LogP contribution in [0.3, 0.4) is 0 Å². The first-order chi connectivity index (χ1) is 39.0. The second-order valence-electron chi connectivity index (χ2n) is 18.2. The van der Waals surface area contributed by atoms with Gasteiger partial charge in [0.05, 0.1) is 162 Å². The number of rotatable bonds is 44. The van der Waals surface area contributed by atoms with Crippen molar-refractivity contribution < 1.29 is 93.6 Å². The van der Waals surface area contributed by atoms with Gasteiger partial charge < -0.3 is 67.9 Å². The monoisotopic (exact) mass is 1160 g/mol. The first-order valence-electron chi connectivity index (χ1n) is 27.3. The molecule has 27 heteroatoms. The number of piperazine rings is 1. The van der Waals surface area contributed by atoms with Gasteiger partial charge in [-0.2, -0.15) is 8.78 Å². The summed E-state index contributed by atoms with van der Waals surface area (Å²) in [6, 6.07) is 2.08. The largest absolute Gasteiger partial charge is 0.446 e. The van der Waals surface area contributed by atoms with Crippen LogP contribution in [0, 0.1) is 23.3 Å². The van der Waals surface area contributed by atoms with Crippen LogP contribution in [0.1, 0.15) is 55.2 Å². The number of aliphatic imine (C=N–C) groups is 1. The van der Waals surface area contributed by atoms with E-state index in [0.717, 1.165) is 74.0 Å². The van der Waals surface area contributed by atoms with Gasteiger partial charge in [0.1, 0.15) is 11.9 Å². The number of nitrogens with two attached hydrogens (primary N) is 1. The molecule has 3 aliphatic rings. The summed E-state index contributed by atoms with van der Waals surface area (Å²) >= 11 is 1.62. The lowest BCUT2D eigenvalue weighted by atomic mass is 9.96. The van der Waals surface area contributed by atoms with Crippen molar-refractivity contribution in [2.75, 3.05) is 185 Å². The molecule has 0 unspecified atom stereocenters. The number of nitrogens with one attached hydrogen (secondary N) is 1. The Morgan fingerprint density at radius 1 is 0.688 bits per heavy atom. The normalized spacial score (nSPS) is 15.0. The number of amides is 2. The van der Waals surface area contributed by atoms with Crippen molar-refractivity contribution in [3.63, 3.8) is 0 Å². The number of halogens is 4. The zero-order chi connectivity index (χ0) is 57.0. The van der Waals surface area contributed by atoms with Crippen LogP contribution in [0.5, 0.6) is 5.75 Å². The van der Waals surface area contributed by atoms with E-state index in [1.807, 2.05) is 13.0 Å². The van der Waals surface area contributed by atoms with E-state index in [2.05, 4.69) is 30.9 Å². The molecule has 0 bridgehead atoms. The number of alkyl carbamates (subject to hydrolysis) is 1. The molecule has 0 spiro atoms. The molecule has 3 N–H and O–H groups in total. The maximum absolute atomic E-state index is 13.6. The first-order valence-corrected chi connectivity index (χ1v) is 28.1. The van der Waals surface area contributed by atoms with Gasteiger partial charge in [0, 0.05) is 68.8 Å². The number of esters is 1. The molecule has 0 radical (unpaired) electrons. The van der Waals surface area contributed by atoms with E-state index in [0.29, 0.717) is 150 Å². The molecule has 3 heterocycles. The highest BCUT2D eigenvalue weighted by Crippen LogP contribution is 2.36. The molecule has 80 heavy (non-hydrogen) atoms. The number of thiophene rings is 1. The number of fused-ring (bicyclic) bond motifs is 1. The molecular formula is C53H80F4N6O16S. The van der Waals surface area contributed by atoms with Crippen molar-refractivity contribution >= 4 is 46.9 Å². The van der Waals surface area contributed by atoms with Gasteiger partial charge in [-0.25, -0.2) is 23.6 Å². The van der Waals surface area contributed by atoms with Crippen molar-refractivity contribution in [1.82, 2.24) is 20.2 Å². The SMILES string of the molecule is CCON(CCCNC(=O)OC1CCC1)C(=O)C1=Cc2sc(CN3CCN(CCOCCOCCOCCOCCOCCOCCOCCOCCOCCOCCC(=O)Oc4c(F)c(F)cc(F)c4F)CC3)cc2N=C(N)C1. The molecule has 1 aromatic heterocycles. The average molecular weight is 1170 g/mol. The van der Waals surface area contributed by atoms with Crippen molar-refractivity contribution in [3.8, 4) is 5.75 Å². The summed E-state index contributed by atoms with van der Waals surface area (Å²) in [5.41, 5.74) is 7.58. The fourth-order valence-electron chi connectivity index (χ4n) is 7.71. The van der Waals surface area contributed by atoms with Crippen LogP contribution in [0.15, 0.2) is 22.7 Å². The minimum atomic E-state index is -1.80. The molecule has 1 aromatic carbocycles. The van der Waals surface area contributed by atoms with Gasteiger partial charge in [-0.15, -0.1) is 11.3 Å². The molecule has 2 fully saturated rings. The average Bonchev–Trinajstić information content (AvgIpc) is 3.75. The van der Waals surface area contributed by atoms with Gasteiger partial charge >= 0.3 is 12.1 Å². The topological polar surface area (TPSA) is 231 Å². The zero-order valence-electron chi connectivity index (χ0n) is 45.9. The maximum Gasteiger partial charge on any atom is 0.407 e. The molecule has 5 rings (SSSR count). The first kappa shape index (κ1) is 66.3. The minimum absolute atomic E-state index is 0.0114. The molecule has 1 saturated heterocycles. The number of hydrogen-bond donors (Lipinski definition) is 2. The second kappa shape index (κ2) is 39.9. The molecule has 2 aromatic rings. The summed E-state index contributed by atoms with van der Waals surface area (Å²) in [6.45, 7) is 15.7. The third-order valence-corrected chi connectivity index (χ3v) is 13.2. The summed E-state index contributed by atoms with van der Waals surface area (Å²) < 4.78 is 118. The van der Waals surface area contributed by atoms with E-state index in [9.17, 15) is 31.9 Å². The van der Waals surface area contributed by atoms with E-state index in [4.69, 9.17) is 62.7 Å². The van der Waals surface area contributed by atoms with Crippen LogP contribution in [0.4, 0.5) is 28.0 Å². The number of ether oxygens (including phenoxy) is 12. The quantitative estimate of drug-likeness (QED) is 0.0226. The predicted molar refractivity (Wildman–Crippen MR) is 285 cm³/mol. The molecule has 0 atom stereocenters. The standard InChI is InChI=1S/C53H80F4N6O16S/c1-2-77-63(9-4-8-59-53(66)78-41-5-3-6-41)52(65)40-35-46-45(60-47(58)36-40)37-42(80-46)39-62-12-10-61(11-13-62)14-16-68-18-20-70-22-24-72-26-28-74-30-32-76-34-33-75-31-29-73-27-25-71-23-21-69-19-17-67-15-7-48(64)79-51-49(56)43(54)38-44(55)50(51)57/h35,37-38,41H,2-34,36,39H2,1H3,(H2,58,60)(H,59,66). The third-order valence-electron chi connectivity index (χ3n) is 12.1. The Bertz CT molecular complexity index is 2150. The molecule has 2 aliphatic heterocycles. The molecule has 2 amide bonds. The van der Waals surface area contributed by atoms with Crippen molar-refractivity contribution in [2.24, 2.45) is 10.7 Å². The molecule has 22 nitrogen and oxygen atoms in total. The number of amidine groups is 1. The summed E-state index contributed by atoms with van der Waals surface area (Å²) in [4.78, 5) is 54.6. The summed E-state index contributed by atoms with van der Waals surface area (Å²) in [6.07, 6.45) is 4.69. The zero-order valence-corrected chi connectivity index (χ0v) is 46.7. The number of hydrogen-bond acceptors (Lipinski definition) is 21. The lowest BCUT2D eigenvalue weighted by Crippen LogP contribution is -2.46. The number of carbonyl (C=O) groups is 3. The summed E-state index contributed by atoms with van der Waals surface area (Å²) in [5, 5.41) is 4.11. The Morgan fingerprint density at radius 2 is 1.18 bits per heavy atom. The summed E-state index contributed by atoms with van der Waals surface area (Å²) in [5.74, 6) is -9.41. The molecular weight excluding hydrogens is 1080 g/mol. The Morgan fingerprint density at radius 3 is 1.66 bits per heavy atom. The van der Waals surface area contributed by atoms with E-state index in [1.165, 1.54) is 5.06 Å². The van der Waals surface area contributed by atoms with Crippen LogP contribution < -0.4 is 15.8 Å². The highest BCUT2D eigenvalue weighted by molar-refractivity contribution is 7.13. The van der Waals surface area contributed by atoms with Crippen LogP contribution >= 0.6 is 11.3 Å². The Hall–Kier alpha value is -4.46. The van der Waals surface area contributed by atoms with E-state index in [1.54, 1.807) is 11.3 Å². The highest BCUT2D eigenvalue weighted by atomic mass is 32.1. The minimum Gasteiger partial charge on any atom is -0.446 e.